The molecule has 1 aliphatic rings. The lowest BCUT2D eigenvalue weighted by Gasteiger charge is -2.30. The fourth-order valence-corrected chi connectivity index (χ4v) is 3.63. The summed E-state index contributed by atoms with van der Waals surface area (Å²) >= 11 is 0. The number of nitrogens with one attached hydrogen (secondary N) is 1. The molecule has 3 rings (SSSR count). The second-order valence-corrected chi connectivity index (χ2v) is 7.01. The predicted molar refractivity (Wildman–Crippen MR) is 100.0 cm³/mol. The number of hydrogen-bond acceptors (Lipinski definition) is 5. The molecule has 1 atom stereocenters. The lowest BCUT2D eigenvalue weighted by Crippen LogP contribution is -2.33. The van der Waals surface area contributed by atoms with Crippen LogP contribution in [0.4, 0.5) is 10.2 Å². The molecule has 1 unspecified atom stereocenters. The van der Waals surface area contributed by atoms with Gasteiger partial charge < -0.3 is 10.7 Å². The Hall–Kier alpha value is -3.16. The van der Waals surface area contributed by atoms with E-state index in [1.165, 1.54) is 12.5 Å². The van der Waals surface area contributed by atoms with Gasteiger partial charge in [-0.05, 0) is 36.9 Å². The summed E-state index contributed by atoms with van der Waals surface area (Å²) in [5, 5.41) is 18.7. The molecule has 2 heterocycles. The number of benzene rings is 1. The number of piperidine rings is 1. The number of nitrogens with zero attached hydrogens (tertiary/aromatic N) is 3. The van der Waals surface area contributed by atoms with Crippen molar-refractivity contribution < 1.29 is 4.39 Å². The molecule has 1 aromatic carbocycles. The van der Waals surface area contributed by atoms with Crippen molar-refractivity contribution in [1.29, 1.82) is 10.5 Å². The van der Waals surface area contributed by atoms with E-state index < -0.39 is 11.4 Å². The molecule has 1 aromatic heterocycles. The molecular formula is C20H20FN5O. The molecular weight excluding hydrogens is 345 g/mol. The molecule has 0 saturated carbocycles. The molecule has 1 fully saturated rings. The highest BCUT2D eigenvalue weighted by Gasteiger charge is 2.21. The monoisotopic (exact) mass is 365 g/mol. The van der Waals surface area contributed by atoms with Gasteiger partial charge in [0.2, 0.25) is 0 Å². The molecule has 27 heavy (non-hydrogen) atoms. The smallest absolute Gasteiger partial charge is 0.268 e. The zero-order valence-corrected chi connectivity index (χ0v) is 15.1. The van der Waals surface area contributed by atoms with E-state index in [0.29, 0.717) is 18.0 Å². The molecule has 2 aromatic rings. The van der Waals surface area contributed by atoms with Gasteiger partial charge in [0.1, 0.15) is 34.9 Å². The maximum atomic E-state index is 14.8. The number of nitrogens with two attached hydrogens (primary N) is 1. The molecule has 0 bridgehead atoms. The number of hydrogen-bond donors (Lipinski definition) is 2. The van der Waals surface area contributed by atoms with E-state index in [1.807, 2.05) is 6.07 Å². The van der Waals surface area contributed by atoms with E-state index in [1.54, 1.807) is 18.2 Å². The summed E-state index contributed by atoms with van der Waals surface area (Å²) in [6, 6.07) is 8.21. The van der Waals surface area contributed by atoms with E-state index in [2.05, 4.69) is 16.8 Å². The quantitative estimate of drug-likeness (QED) is 0.869. The largest absolute Gasteiger partial charge is 0.384 e. The summed E-state index contributed by atoms with van der Waals surface area (Å²) in [6.07, 6.45) is 2.29. The topological polar surface area (TPSA) is 110 Å². The molecule has 3 N–H and O–H groups in total. The summed E-state index contributed by atoms with van der Waals surface area (Å²) in [7, 11) is 0. The van der Waals surface area contributed by atoms with Crippen LogP contribution in [-0.2, 0) is 6.54 Å². The first-order valence-electron chi connectivity index (χ1n) is 8.81. The average molecular weight is 365 g/mol. The number of aromatic amines is 1. The fraction of sp³-hybridized carbons (Fsp3) is 0.350. The lowest BCUT2D eigenvalue weighted by molar-refractivity contribution is 0.175. The first-order valence-corrected chi connectivity index (χ1v) is 8.81. The van der Waals surface area contributed by atoms with Crippen LogP contribution < -0.4 is 11.3 Å². The maximum absolute atomic E-state index is 14.8. The maximum Gasteiger partial charge on any atom is 0.268 e. The second-order valence-electron chi connectivity index (χ2n) is 7.01. The van der Waals surface area contributed by atoms with Crippen molar-refractivity contribution >= 4 is 5.82 Å². The van der Waals surface area contributed by atoms with Gasteiger partial charge in [0.15, 0.2) is 0 Å². The Kier molecular flexibility index (Phi) is 5.25. The number of rotatable bonds is 3. The van der Waals surface area contributed by atoms with Crippen LogP contribution in [0.2, 0.25) is 0 Å². The third-order valence-corrected chi connectivity index (χ3v) is 4.95. The standard InChI is InChI=1S/C20H20FN5O/c1-12-3-2-6-26(10-12)11-14-5-4-13(7-17(14)21)18-15(8-22)19(24)25-20(27)16(18)9-23/h4-5,7,12H,2-3,6,10-11H2,1H3,(H3,24,25,27). The number of halogens is 1. The van der Waals surface area contributed by atoms with Gasteiger partial charge in [-0.15, -0.1) is 0 Å². The fourth-order valence-electron chi connectivity index (χ4n) is 3.63. The Morgan fingerprint density at radius 1 is 1.33 bits per heavy atom. The Morgan fingerprint density at radius 3 is 2.70 bits per heavy atom. The molecule has 138 valence electrons. The van der Waals surface area contributed by atoms with Crippen molar-refractivity contribution in [2.45, 2.75) is 26.3 Å². The summed E-state index contributed by atoms with van der Waals surface area (Å²) in [5.41, 5.74) is 5.62. The predicted octanol–water partition coefficient (Wildman–Crippen LogP) is 2.74. The Balaban J connectivity index is 2.01. The number of likely N-dealkylation sites (tertiary alicyclic amines) is 1. The number of pyridine rings is 1. The lowest BCUT2D eigenvalue weighted by atomic mass is 9.95. The number of nitriles is 2. The van der Waals surface area contributed by atoms with Gasteiger partial charge in [-0.2, -0.15) is 10.5 Å². The van der Waals surface area contributed by atoms with Gasteiger partial charge in [0, 0.05) is 24.2 Å². The molecule has 1 aliphatic heterocycles. The highest BCUT2D eigenvalue weighted by Crippen LogP contribution is 2.30. The van der Waals surface area contributed by atoms with Crippen LogP contribution in [0.1, 0.15) is 36.5 Å². The summed E-state index contributed by atoms with van der Waals surface area (Å²) in [5.74, 6) is 0.0251. The second kappa shape index (κ2) is 7.61. The Bertz CT molecular complexity index is 1010. The van der Waals surface area contributed by atoms with Gasteiger partial charge in [0.25, 0.3) is 5.56 Å². The molecule has 0 aliphatic carbocycles. The van der Waals surface area contributed by atoms with Crippen LogP contribution in [0.25, 0.3) is 11.1 Å². The molecule has 0 radical (unpaired) electrons. The number of aromatic nitrogens is 1. The number of nitrogen functional groups attached to an aromatic ring is 1. The van der Waals surface area contributed by atoms with E-state index in [-0.39, 0.29) is 28.1 Å². The van der Waals surface area contributed by atoms with Crippen LogP contribution in [0, 0.1) is 34.4 Å². The number of H-pyrrole nitrogens is 1. The van der Waals surface area contributed by atoms with Crippen molar-refractivity contribution in [2.24, 2.45) is 5.92 Å². The summed E-state index contributed by atoms with van der Waals surface area (Å²) < 4.78 is 14.8. The zero-order chi connectivity index (χ0) is 19.6. The zero-order valence-electron chi connectivity index (χ0n) is 15.1. The van der Waals surface area contributed by atoms with E-state index in [9.17, 15) is 19.7 Å². The third-order valence-electron chi connectivity index (χ3n) is 4.95. The van der Waals surface area contributed by atoms with Crippen LogP contribution in [-0.4, -0.2) is 23.0 Å². The highest BCUT2D eigenvalue weighted by molar-refractivity contribution is 5.80. The van der Waals surface area contributed by atoms with Crippen LogP contribution >= 0.6 is 0 Å². The molecule has 7 heteroatoms. The highest BCUT2D eigenvalue weighted by atomic mass is 19.1. The van der Waals surface area contributed by atoms with Crippen LogP contribution in [0.15, 0.2) is 23.0 Å². The minimum absolute atomic E-state index is 0.0387. The first kappa shape index (κ1) is 18.6. The van der Waals surface area contributed by atoms with Gasteiger partial charge in [-0.1, -0.05) is 19.1 Å². The van der Waals surface area contributed by atoms with Gasteiger partial charge in [0.05, 0.1) is 0 Å². The minimum atomic E-state index is -0.698. The summed E-state index contributed by atoms with van der Waals surface area (Å²) in [6.45, 7) is 4.57. The van der Waals surface area contributed by atoms with Gasteiger partial charge in [-0.25, -0.2) is 4.39 Å². The van der Waals surface area contributed by atoms with Gasteiger partial charge in [-0.3, -0.25) is 9.69 Å². The molecule has 0 spiro atoms. The van der Waals surface area contributed by atoms with Crippen molar-refractivity contribution in [2.75, 3.05) is 18.8 Å². The summed E-state index contributed by atoms with van der Waals surface area (Å²) in [4.78, 5) is 16.5. The third kappa shape index (κ3) is 3.69. The van der Waals surface area contributed by atoms with Crippen molar-refractivity contribution in [3.8, 4) is 23.3 Å². The Morgan fingerprint density at radius 2 is 2.07 bits per heavy atom. The average Bonchev–Trinajstić information content (AvgIpc) is 2.63. The van der Waals surface area contributed by atoms with Crippen molar-refractivity contribution in [1.82, 2.24) is 9.88 Å². The molecule has 1 saturated heterocycles. The van der Waals surface area contributed by atoms with Crippen LogP contribution in [0.3, 0.4) is 0 Å². The first-order chi connectivity index (χ1) is 12.9. The molecule has 0 amide bonds. The van der Waals surface area contributed by atoms with E-state index >= 15 is 0 Å². The van der Waals surface area contributed by atoms with E-state index in [4.69, 9.17) is 5.73 Å². The number of anilines is 1. The van der Waals surface area contributed by atoms with Gasteiger partial charge >= 0.3 is 0 Å². The Labute approximate surface area is 156 Å². The van der Waals surface area contributed by atoms with Crippen LogP contribution in [0.5, 0.6) is 0 Å². The minimum Gasteiger partial charge on any atom is -0.384 e. The van der Waals surface area contributed by atoms with E-state index in [0.717, 1.165) is 19.5 Å². The van der Waals surface area contributed by atoms with Crippen molar-refractivity contribution in [3.05, 3.63) is 51.1 Å². The van der Waals surface area contributed by atoms with Crippen molar-refractivity contribution in [3.63, 3.8) is 0 Å². The molecule has 6 nitrogen and oxygen atoms in total. The SMILES string of the molecule is CC1CCCN(Cc2ccc(-c3c(C#N)c(N)[nH]c(=O)c3C#N)cc2F)C1. The normalized spacial score (nSPS) is 17.3.